The first-order chi connectivity index (χ1) is 33.2. The van der Waals surface area contributed by atoms with E-state index in [1.165, 1.54) is 12.1 Å². The number of ether oxygens (including phenoxy) is 8. The highest BCUT2D eigenvalue weighted by atomic mass is 32.2. The molecule has 0 spiro atoms. The zero-order valence-corrected chi connectivity index (χ0v) is 37.6. The van der Waals surface area contributed by atoms with Gasteiger partial charge in [-0.1, -0.05) is 127 Å². The van der Waals surface area contributed by atoms with Gasteiger partial charge in [0.1, 0.15) is 18.4 Å². The first-order valence-electron chi connectivity index (χ1n) is 22.0. The molecule has 350 valence electrons. The highest BCUT2D eigenvalue weighted by molar-refractivity contribution is 7.99. The molecule has 2 fully saturated rings. The van der Waals surface area contributed by atoms with Gasteiger partial charge in [-0.25, -0.2) is 19.4 Å². The predicted molar refractivity (Wildman–Crippen MR) is 247 cm³/mol. The smallest absolute Gasteiger partial charge is 0.338 e. The van der Waals surface area contributed by atoms with Crippen LogP contribution in [0.5, 0.6) is 0 Å². The van der Waals surface area contributed by atoms with Crippen LogP contribution >= 0.6 is 11.8 Å². The number of esters is 3. The van der Waals surface area contributed by atoms with Crippen molar-refractivity contribution in [2.24, 2.45) is 0 Å². The van der Waals surface area contributed by atoms with Gasteiger partial charge < -0.3 is 37.9 Å². The molecule has 5 aromatic carbocycles. The Balaban J connectivity index is 1.12. The van der Waals surface area contributed by atoms with Crippen LogP contribution in [0.15, 0.2) is 175 Å². The average molecular weight is 941 g/mol. The summed E-state index contributed by atoms with van der Waals surface area (Å²) in [7, 11) is 0. The van der Waals surface area contributed by atoms with Crippen molar-refractivity contribution in [2.45, 2.75) is 86.0 Å². The zero-order chi connectivity index (χ0) is 47.2. The number of benzene rings is 5. The van der Waals surface area contributed by atoms with Crippen molar-refractivity contribution in [2.75, 3.05) is 6.61 Å². The fourth-order valence-corrected chi connectivity index (χ4v) is 8.77. The molecule has 2 aliphatic heterocycles. The van der Waals surface area contributed by atoms with Gasteiger partial charge in [0.25, 0.3) is 5.69 Å². The molecule has 0 bridgehead atoms. The molecule has 6 aromatic rings. The lowest BCUT2D eigenvalue weighted by Gasteiger charge is -2.45. The molecule has 0 radical (unpaired) electrons. The van der Waals surface area contributed by atoms with Crippen molar-refractivity contribution >= 4 is 35.4 Å². The summed E-state index contributed by atoms with van der Waals surface area (Å²) in [5.74, 6) is -2.38. The summed E-state index contributed by atoms with van der Waals surface area (Å²) in [6, 6.07) is 46.8. The van der Waals surface area contributed by atoms with Crippen molar-refractivity contribution in [1.82, 2.24) is 4.98 Å². The van der Waals surface area contributed by atoms with Crippen LogP contribution in [0.3, 0.4) is 0 Å². The van der Waals surface area contributed by atoms with Crippen molar-refractivity contribution in [3.8, 4) is 0 Å². The Labute approximate surface area is 396 Å². The maximum atomic E-state index is 14.1. The number of hydrogen-bond acceptors (Lipinski definition) is 15. The Morgan fingerprint density at radius 1 is 0.603 bits per heavy atom. The number of nitro groups is 1. The van der Waals surface area contributed by atoms with Gasteiger partial charge in [0.2, 0.25) is 0 Å². The first kappa shape index (κ1) is 47.7. The van der Waals surface area contributed by atoms with Crippen molar-refractivity contribution < 1.29 is 57.2 Å². The van der Waals surface area contributed by atoms with E-state index in [1.807, 2.05) is 67.6 Å². The number of nitrogens with zero attached hydrogens (tertiary/aromatic N) is 2. The topological polar surface area (TPSA) is 181 Å². The predicted octanol–water partition coefficient (Wildman–Crippen LogP) is 8.81. The fourth-order valence-electron chi connectivity index (χ4n) is 7.73. The number of hydrogen-bond donors (Lipinski definition) is 0. The first-order valence-corrected chi connectivity index (χ1v) is 22.8. The van der Waals surface area contributed by atoms with Gasteiger partial charge in [0, 0.05) is 12.5 Å². The molecule has 68 heavy (non-hydrogen) atoms. The van der Waals surface area contributed by atoms with E-state index in [-0.39, 0.29) is 40.4 Å². The van der Waals surface area contributed by atoms with Crippen molar-refractivity contribution in [1.29, 1.82) is 0 Å². The molecular formula is C52H48N2O13S. The number of aromatic nitrogens is 1. The van der Waals surface area contributed by atoms with Crippen LogP contribution in [0, 0.1) is 10.1 Å². The Hall–Kier alpha value is -6.79. The number of rotatable bonds is 18. The molecule has 0 aliphatic carbocycles. The molecule has 2 aliphatic rings. The average Bonchev–Trinajstić information content (AvgIpc) is 3.37. The van der Waals surface area contributed by atoms with Crippen LogP contribution in [0.4, 0.5) is 5.69 Å². The highest BCUT2D eigenvalue weighted by Gasteiger charge is 2.54. The van der Waals surface area contributed by atoms with E-state index in [2.05, 4.69) is 4.98 Å². The van der Waals surface area contributed by atoms with E-state index < -0.39 is 77.3 Å². The third kappa shape index (κ3) is 12.6. The van der Waals surface area contributed by atoms with E-state index >= 15 is 0 Å². The molecule has 0 saturated carbocycles. The molecular weight excluding hydrogens is 893 g/mol. The maximum absolute atomic E-state index is 14.1. The summed E-state index contributed by atoms with van der Waals surface area (Å²) in [5, 5.41) is 11.8. The highest BCUT2D eigenvalue weighted by Crippen LogP contribution is 2.39. The van der Waals surface area contributed by atoms with Gasteiger partial charge in [0.15, 0.2) is 30.0 Å². The van der Waals surface area contributed by atoms with Crippen LogP contribution in [0.2, 0.25) is 0 Å². The summed E-state index contributed by atoms with van der Waals surface area (Å²) >= 11 is 0.960. The zero-order valence-electron chi connectivity index (χ0n) is 36.8. The van der Waals surface area contributed by atoms with Gasteiger partial charge in [-0.2, -0.15) is 0 Å². The third-order valence-electron chi connectivity index (χ3n) is 11.2. The van der Waals surface area contributed by atoms with Crippen LogP contribution in [-0.4, -0.2) is 88.9 Å². The third-order valence-corrected chi connectivity index (χ3v) is 12.3. The second-order valence-corrected chi connectivity index (χ2v) is 17.0. The molecule has 1 aromatic heterocycles. The van der Waals surface area contributed by atoms with Crippen LogP contribution in [0.25, 0.3) is 0 Å². The molecule has 2 saturated heterocycles. The lowest BCUT2D eigenvalue weighted by Crippen LogP contribution is -2.62. The molecule has 9 atom stereocenters. The summed E-state index contributed by atoms with van der Waals surface area (Å²) in [6.07, 6.45) is -6.74. The van der Waals surface area contributed by atoms with Crippen molar-refractivity contribution in [3.63, 3.8) is 0 Å². The molecule has 0 amide bonds. The molecule has 16 heteroatoms. The van der Waals surface area contributed by atoms with Gasteiger partial charge >= 0.3 is 17.9 Å². The molecule has 15 nitrogen and oxygen atoms in total. The minimum atomic E-state index is -1.52. The van der Waals surface area contributed by atoms with E-state index in [0.717, 1.165) is 29.1 Å². The quantitative estimate of drug-likeness (QED) is 0.0345. The monoisotopic (exact) mass is 940 g/mol. The minimum absolute atomic E-state index is 0.171. The normalized spacial score (nSPS) is 23.5. The van der Waals surface area contributed by atoms with Crippen LogP contribution in [-0.2, 0) is 51.1 Å². The maximum Gasteiger partial charge on any atom is 0.338 e. The molecule has 0 unspecified atom stereocenters. The molecule has 0 N–H and O–H groups in total. The number of thioether (sulfide) groups is 1. The van der Waals surface area contributed by atoms with Crippen LogP contribution in [0.1, 0.15) is 55.5 Å². The second-order valence-electron chi connectivity index (χ2n) is 15.9. The Bertz CT molecular complexity index is 2560. The SMILES string of the molecule is C[C@@H]1O[C@H](OC[C@H]2O[C@@H](Sc3ccc([N+](=O)[O-])cn3)[C@H](OC(=O)c3ccccc3)[C@@H](OC(=O)c3ccccc3)[C@@H]2OC(=O)c2ccccc2)C[C@H](OCc2ccccc2)[C@H]1OCc1ccccc1. The van der Waals surface area contributed by atoms with Crippen molar-refractivity contribution in [3.05, 3.63) is 208 Å². The summed E-state index contributed by atoms with van der Waals surface area (Å²) in [6.45, 7) is 2.20. The standard InChI is InChI=1S/C52H48N2O13S/c1-34-45(62-32-36-19-9-3-10-20-36)41(60-31-35-17-7-2-8-18-35)29-44(63-34)61-33-42-46(65-49(55)37-21-11-4-12-22-37)47(66-50(56)38-23-13-5-14-24-38)48(67-51(57)39-25-15-6-16-26-39)52(64-42)68-43-28-27-40(30-53-43)54(58)59/h2-28,30,34,41-42,44-48,52H,29,31-33H2,1H3/t34-,41-,42+,44-,45-,46+,47-,48+,52-/m0/s1. The van der Waals surface area contributed by atoms with Gasteiger partial charge in [-0.05, 0) is 60.5 Å². The van der Waals surface area contributed by atoms with E-state index in [1.54, 1.807) is 91.0 Å². The summed E-state index contributed by atoms with van der Waals surface area (Å²) in [5.41, 5.74) is 1.01. The number of carbonyl (C=O) groups is 3. The van der Waals surface area contributed by atoms with Gasteiger partial charge in [-0.15, -0.1) is 0 Å². The number of carbonyl (C=O) groups excluding carboxylic acids is 3. The van der Waals surface area contributed by atoms with Gasteiger partial charge in [-0.3, -0.25) is 10.1 Å². The lowest BCUT2D eigenvalue weighted by atomic mass is 9.98. The fraction of sp³-hybridized carbons (Fsp3) is 0.269. The lowest BCUT2D eigenvalue weighted by molar-refractivity contribution is -0.385. The van der Waals surface area contributed by atoms with E-state index in [9.17, 15) is 24.5 Å². The van der Waals surface area contributed by atoms with Gasteiger partial charge in [0.05, 0.1) is 58.7 Å². The molecule has 3 heterocycles. The Kier molecular flexibility index (Phi) is 16.3. The Morgan fingerprint density at radius 3 is 1.59 bits per heavy atom. The van der Waals surface area contributed by atoms with E-state index in [4.69, 9.17) is 37.9 Å². The van der Waals surface area contributed by atoms with E-state index in [0.29, 0.717) is 13.2 Å². The largest absolute Gasteiger partial charge is 0.452 e. The minimum Gasteiger partial charge on any atom is -0.452 e. The van der Waals surface area contributed by atoms with Crippen LogP contribution < -0.4 is 0 Å². The summed E-state index contributed by atoms with van der Waals surface area (Å²) < 4.78 is 51.5. The second kappa shape index (κ2) is 23.3. The number of pyridine rings is 1. The Morgan fingerprint density at radius 2 is 1.09 bits per heavy atom. The molecule has 8 rings (SSSR count). The summed E-state index contributed by atoms with van der Waals surface area (Å²) in [4.78, 5) is 57.4.